The number of cyclic esters (lactones) is 1. The summed E-state index contributed by atoms with van der Waals surface area (Å²) >= 11 is 0. The molecule has 1 aromatic rings. The predicted molar refractivity (Wildman–Crippen MR) is 135 cm³/mol. The van der Waals surface area contributed by atoms with Crippen LogP contribution < -0.4 is 16.0 Å². The number of nitrogens with one attached hydrogen (secondary N) is 3. The van der Waals surface area contributed by atoms with Gasteiger partial charge < -0.3 is 20.7 Å². The molecule has 0 radical (unpaired) electrons. The molecule has 35 heavy (non-hydrogen) atoms. The minimum absolute atomic E-state index is 0.0235. The Balaban J connectivity index is 2.21. The monoisotopic (exact) mass is 487 g/mol. The average Bonchev–Trinajstić information content (AvgIpc) is 2.82. The summed E-state index contributed by atoms with van der Waals surface area (Å²) in [5.74, 6) is -1.42. The molecule has 1 heterocycles. The second-order valence-corrected chi connectivity index (χ2v) is 9.79. The summed E-state index contributed by atoms with van der Waals surface area (Å²) in [5.41, 5.74) is 1.40. The Morgan fingerprint density at radius 1 is 0.886 bits per heavy atom. The molecule has 3 atom stereocenters. The molecule has 3 amide bonds. The Kier molecular flexibility index (Phi) is 11.7. The first-order valence-electron chi connectivity index (χ1n) is 12.9. The number of rotatable bonds is 3. The molecule has 0 aliphatic carbocycles. The fraction of sp³-hybridized carbons (Fsp3) is 0.630. The highest BCUT2D eigenvalue weighted by Gasteiger charge is 2.32. The molecular weight excluding hydrogens is 446 g/mol. The minimum Gasteiger partial charge on any atom is -0.459 e. The summed E-state index contributed by atoms with van der Waals surface area (Å²) in [7, 11) is 0. The lowest BCUT2D eigenvalue weighted by Gasteiger charge is -2.27. The third-order valence-corrected chi connectivity index (χ3v) is 6.43. The predicted octanol–water partition coefficient (Wildman–Crippen LogP) is 4.08. The largest absolute Gasteiger partial charge is 0.459 e. The van der Waals surface area contributed by atoms with Crippen molar-refractivity contribution in [3.05, 3.63) is 29.8 Å². The van der Waals surface area contributed by atoms with Crippen molar-refractivity contribution < 1.29 is 23.9 Å². The third-order valence-electron chi connectivity index (χ3n) is 6.43. The number of ether oxygens (including phenoxy) is 1. The molecule has 1 aliphatic heterocycles. The van der Waals surface area contributed by atoms with Crippen LogP contribution in [0.2, 0.25) is 0 Å². The molecule has 8 nitrogen and oxygen atoms in total. The van der Waals surface area contributed by atoms with E-state index in [1.54, 1.807) is 18.2 Å². The number of esters is 1. The second kappa shape index (κ2) is 14.5. The van der Waals surface area contributed by atoms with Crippen molar-refractivity contribution in [1.82, 2.24) is 10.6 Å². The van der Waals surface area contributed by atoms with E-state index >= 15 is 0 Å². The van der Waals surface area contributed by atoms with Crippen molar-refractivity contribution in [2.24, 2.45) is 11.8 Å². The first-order chi connectivity index (χ1) is 16.7. The zero-order valence-electron chi connectivity index (χ0n) is 21.5. The van der Waals surface area contributed by atoms with Crippen molar-refractivity contribution in [1.29, 1.82) is 0 Å². The van der Waals surface area contributed by atoms with Crippen LogP contribution in [0.25, 0.3) is 0 Å². The van der Waals surface area contributed by atoms with Gasteiger partial charge in [-0.05, 0) is 42.4 Å². The molecule has 8 heteroatoms. The van der Waals surface area contributed by atoms with E-state index in [0.717, 1.165) is 37.7 Å². The van der Waals surface area contributed by atoms with E-state index in [-0.39, 0.29) is 36.2 Å². The van der Waals surface area contributed by atoms with Crippen LogP contribution in [0, 0.1) is 11.8 Å². The van der Waals surface area contributed by atoms with Crippen molar-refractivity contribution >= 4 is 29.4 Å². The van der Waals surface area contributed by atoms with Crippen LogP contribution >= 0.6 is 0 Å². The van der Waals surface area contributed by atoms with Gasteiger partial charge in [-0.1, -0.05) is 65.5 Å². The van der Waals surface area contributed by atoms with E-state index in [2.05, 4.69) is 16.0 Å². The fourth-order valence-electron chi connectivity index (χ4n) is 4.00. The lowest BCUT2D eigenvalue weighted by Crippen LogP contribution is -2.55. The van der Waals surface area contributed by atoms with Gasteiger partial charge in [0.2, 0.25) is 17.7 Å². The minimum atomic E-state index is -0.831. The molecule has 0 spiro atoms. The molecule has 0 saturated carbocycles. The lowest BCUT2D eigenvalue weighted by atomic mass is 9.97. The molecule has 3 N–H and O–H groups in total. The highest BCUT2D eigenvalue weighted by atomic mass is 16.5. The normalized spacial score (nSPS) is 22.8. The Hall–Kier alpha value is -2.90. The van der Waals surface area contributed by atoms with Crippen LogP contribution in [0.3, 0.4) is 0 Å². The molecule has 2 bridgehead atoms. The summed E-state index contributed by atoms with van der Waals surface area (Å²) in [5, 5.41) is 8.57. The smallest absolute Gasteiger partial charge is 0.329 e. The molecule has 0 saturated heterocycles. The number of carbonyl (C=O) groups is 4. The SMILES string of the molecule is CC[C@H](C)[C@@H]1NC(=O)[C@H](C(C)C)NC(=O)CCCCCCCC(=O)Nc2cccc(c2)COC1=O. The van der Waals surface area contributed by atoms with Crippen LogP contribution in [0.5, 0.6) is 0 Å². The standard InChI is InChI=1S/C27H41N3O5/c1-5-19(4)25-27(34)35-17-20-12-11-13-21(16-20)28-22(31)14-9-7-6-8-10-15-23(32)29-24(18(2)3)26(33)30-25/h11-13,16,18-19,24-25H,5-10,14-15,17H2,1-4H3,(H,28,31)(H,29,32)(H,30,33)/t19-,24-,25-/m0/s1. The van der Waals surface area contributed by atoms with Gasteiger partial charge in [0.1, 0.15) is 18.7 Å². The summed E-state index contributed by atoms with van der Waals surface area (Å²) in [4.78, 5) is 50.8. The van der Waals surface area contributed by atoms with Crippen LogP contribution in [-0.4, -0.2) is 35.8 Å². The second-order valence-electron chi connectivity index (χ2n) is 9.79. The zero-order chi connectivity index (χ0) is 25.8. The van der Waals surface area contributed by atoms with Crippen LogP contribution in [0.4, 0.5) is 5.69 Å². The quantitative estimate of drug-likeness (QED) is 0.556. The van der Waals surface area contributed by atoms with Gasteiger partial charge in [-0.15, -0.1) is 0 Å². The van der Waals surface area contributed by atoms with Crippen molar-refractivity contribution in [3.8, 4) is 0 Å². The van der Waals surface area contributed by atoms with Gasteiger partial charge in [0.15, 0.2) is 0 Å². The fourth-order valence-corrected chi connectivity index (χ4v) is 4.00. The van der Waals surface area contributed by atoms with Gasteiger partial charge in [-0.3, -0.25) is 14.4 Å². The van der Waals surface area contributed by atoms with Gasteiger partial charge in [0.25, 0.3) is 0 Å². The Bertz CT molecular complexity index is 870. The van der Waals surface area contributed by atoms with Crippen molar-refractivity contribution in [3.63, 3.8) is 0 Å². The Morgan fingerprint density at radius 2 is 1.54 bits per heavy atom. The highest BCUT2D eigenvalue weighted by molar-refractivity contribution is 5.91. The van der Waals surface area contributed by atoms with Crippen LogP contribution in [-0.2, 0) is 30.5 Å². The Labute approximate surface area is 208 Å². The third kappa shape index (κ3) is 9.70. The average molecular weight is 488 g/mol. The highest BCUT2D eigenvalue weighted by Crippen LogP contribution is 2.16. The zero-order valence-corrected chi connectivity index (χ0v) is 21.5. The van der Waals surface area contributed by atoms with Crippen LogP contribution in [0.15, 0.2) is 24.3 Å². The molecule has 194 valence electrons. The van der Waals surface area contributed by atoms with E-state index in [4.69, 9.17) is 4.74 Å². The number of benzene rings is 1. The molecular formula is C27H41N3O5. The van der Waals surface area contributed by atoms with E-state index < -0.39 is 18.1 Å². The number of amides is 3. The molecule has 1 aromatic carbocycles. The van der Waals surface area contributed by atoms with E-state index in [9.17, 15) is 19.2 Å². The Morgan fingerprint density at radius 3 is 2.20 bits per heavy atom. The number of carbonyl (C=O) groups excluding carboxylic acids is 4. The molecule has 2 rings (SSSR count). The number of hydrogen-bond donors (Lipinski definition) is 3. The summed E-state index contributed by atoms with van der Waals surface area (Å²) in [6.07, 6.45) is 5.68. The van der Waals surface area contributed by atoms with Gasteiger partial charge in [0, 0.05) is 18.5 Å². The molecule has 1 aliphatic rings. The molecule has 0 unspecified atom stereocenters. The van der Waals surface area contributed by atoms with Gasteiger partial charge in [0.05, 0.1) is 0 Å². The number of hydrogen-bond acceptors (Lipinski definition) is 5. The molecule has 0 fully saturated rings. The maximum atomic E-state index is 13.1. The first-order valence-corrected chi connectivity index (χ1v) is 12.9. The number of anilines is 1. The first kappa shape index (κ1) is 28.3. The van der Waals surface area contributed by atoms with E-state index in [0.29, 0.717) is 24.9 Å². The molecule has 0 aromatic heterocycles. The van der Waals surface area contributed by atoms with Crippen molar-refractivity contribution in [2.75, 3.05) is 5.32 Å². The summed E-state index contributed by atoms with van der Waals surface area (Å²) < 4.78 is 5.55. The van der Waals surface area contributed by atoms with Gasteiger partial charge in [-0.2, -0.15) is 0 Å². The van der Waals surface area contributed by atoms with E-state index in [1.807, 2.05) is 33.8 Å². The van der Waals surface area contributed by atoms with Crippen LogP contribution in [0.1, 0.15) is 84.6 Å². The lowest BCUT2D eigenvalue weighted by molar-refractivity contribution is -0.151. The van der Waals surface area contributed by atoms with Crippen molar-refractivity contribution in [2.45, 2.75) is 97.8 Å². The van der Waals surface area contributed by atoms with E-state index in [1.165, 1.54) is 0 Å². The van der Waals surface area contributed by atoms with Gasteiger partial charge in [-0.25, -0.2) is 4.79 Å². The maximum absolute atomic E-state index is 13.1. The van der Waals surface area contributed by atoms with Gasteiger partial charge >= 0.3 is 5.97 Å². The number of fused-ring (bicyclic) bond motifs is 2. The maximum Gasteiger partial charge on any atom is 0.329 e. The summed E-state index contributed by atoms with van der Waals surface area (Å²) in [6.45, 7) is 7.58. The topological polar surface area (TPSA) is 114 Å². The summed E-state index contributed by atoms with van der Waals surface area (Å²) in [6, 6.07) is 5.65.